The molecule has 81 heavy (non-hydrogen) atoms. The highest BCUT2D eigenvalue weighted by atomic mass is 16.4. The predicted molar refractivity (Wildman–Crippen MR) is 289 cm³/mol. The van der Waals surface area contributed by atoms with E-state index in [0.29, 0.717) is 38.6 Å². The van der Waals surface area contributed by atoms with E-state index in [1.165, 1.54) is 0 Å². The monoisotopic (exact) mass is 1160 g/mol. The molecule has 0 saturated heterocycles. The van der Waals surface area contributed by atoms with Crippen molar-refractivity contribution < 1.29 is 83.1 Å². The number of unbranched alkanes of at least 4 members (excludes halogenated alkanes) is 4. The Morgan fingerprint density at radius 3 is 0.901 bits per heavy atom. The molecule has 0 aromatic carbocycles. The fraction of sp³-hybridized carbons (Fsp3) is 0.750. The normalized spacial score (nSPS) is 15.6. The number of aliphatic hydroxyl groups is 4. The summed E-state index contributed by atoms with van der Waals surface area (Å²) in [6, 6.07) is -16.0. The molecule has 0 radical (unpaired) electrons. The van der Waals surface area contributed by atoms with Gasteiger partial charge in [0.05, 0.1) is 31.5 Å². The maximum atomic E-state index is 14.0. The number of nitrogens with one attached hydrogen (secondary N) is 9. The van der Waals surface area contributed by atoms with E-state index >= 15 is 0 Å². The second kappa shape index (κ2) is 41.3. The minimum absolute atomic E-state index is 0.0852. The number of carbonyl (C=O) groups excluding carboxylic acids is 11. The summed E-state index contributed by atoms with van der Waals surface area (Å²) in [5, 5.41) is 71.0. The summed E-state index contributed by atoms with van der Waals surface area (Å²) < 4.78 is 0. The SMILES string of the molecule is C[C@@H](O)[C@H](NC(=O)[C@H](CCCCN)NC(=O)[C@H](CCC(N)=O)NC(=O)[C@H](CCCCN)NC(=O)[C@H](CO)NC(=O)[C@@H](NC(=O)[C@H](CCCCN)NC(=O)[C@H](CCC(N)=O)NC(=O)[C@@H](N)CCCCN)[C@@H](C)O)C(=O)N[C@@H](CO)C(=O)O. The molecule has 0 rings (SSSR count). The highest BCUT2D eigenvalue weighted by Crippen LogP contribution is 2.11. The first-order valence-corrected chi connectivity index (χ1v) is 26.9. The van der Waals surface area contributed by atoms with Crippen molar-refractivity contribution in [1.29, 1.82) is 0 Å². The number of carboxylic acids is 1. The summed E-state index contributed by atoms with van der Waals surface area (Å²) >= 11 is 0. The van der Waals surface area contributed by atoms with Crippen LogP contribution in [0.3, 0.4) is 0 Å². The molecule has 464 valence electrons. The van der Waals surface area contributed by atoms with Gasteiger partial charge in [0.15, 0.2) is 0 Å². The third-order valence-electron chi connectivity index (χ3n) is 12.4. The van der Waals surface area contributed by atoms with Gasteiger partial charge < -0.3 is 114 Å². The van der Waals surface area contributed by atoms with Crippen LogP contribution in [-0.2, 0) is 57.5 Å². The highest BCUT2D eigenvalue weighted by molar-refractivity contribution is 5.99. The van der Waals surface area contributed by atoms with E-state index in [9.17, 15) is 83.1 Å². The number of aliphatic hydroxyl groups excluding tert-OH is 4. The van der Waals surface area contributed by atoms with Crippen molar-refractivity contribution in [2.24, 2.45) is 40.1 Å². The fourth-order valence-corrected chi connectivity index (χ4v) is 7.62. The van der Waals surface area contributed by atoms with Gasteiger partial charge >= 0.3 is 5.97 Å². The van der Waals surface area contributed by atoms with Crippen LogP contribution in [0.1, 0.15) is 117 Å². The lowest BCUT2D eigenvalue weighted by molar-refractivity contribution is -0.144. The lowest BCUT2D eigenvalue weighted by atomic mass is 10.0. The van der Waals surface area contributed by atoms with Crippen molar-refractivity contribution >= 4 is 70.9 Å². The Morgan fingerprint density at radius 2 is 0.617 bits per heavy atom. The third kappa shape index (κ3) is 30.1. The van der Waals surface area contributed by atoms with Crippen LogP contribution >= 0.6 is 0 Å². The number of amides is 11. The van der Waals surface area contributed by atoms with Crippen LogP contribution in [0.2, 0.25) is 0 Å². The number of carboxylic acid groups (broad SMARTS) is 1. The van der Waals surface area contributed by atoms with E-state index < -0.39 is 170 Å². The average molecular weight is 1160 g/mol. The molecule has 11 amide bonds. The van der Waals surface area contributed by atoms with Crippen LogP contribution in [0.4, 0.5) is 0 Å². The van der Waals surface area contributed by atoms with Crippen molar-refractivity contribution in [1.82, 2.24) is 47.9 Å². The standard InChI is InChI=1S/C48H90N16O17/c1-25(67)37(63-43(75)29(13-5-9-21-51)57-41(73)31(15-17-35(54)69)56-39(71)27(53)11-3-7-19-49)46(78)61-33(23-65)45(77)59-28(12-4-8-20-50)40(72)60-32(16-18-36(55)70)42(74)58-30(14-6-10-22-52)44(76)64-38(26(2)68)47(79)62-34(24-66)48(80)81/h25-34,37-38,65-68H,3-24,49-53H2,1-2H3,(H2,54,69)(H2,55,70)(H,56,71)(H,57,73)(H,58,74)(H,59,77)(H,60,72)(H,61,78)(H,62,79)(H,63,75)(H,64,76)(H,80,81)/t25-,26-,27+,28+,29+,30+,31+,32+,33+,34+,37+,38+/m1/s1. The molecule has 0 heterocycles. The van der Waals surface area contributed by atoms with Gasteiger partial charge in [-0.3, -0.25) is 52.7 Å². The lowest BCUT2D eigenvalue weighted by Crippen LogP contribution is -2.62. The molecule has 0 aliphatic rings. The van der Waals surface area contributed by atoms with Crippen molar-refractivity contribution in [3.8, 4) is 0 Å². The zero-order valence-corrected chi connectivity index (χ0v) is 46.2. The summed E-state index contributed by atoms with van der Waals surface area (Å²) in [5.74, 6) is -12.9. The van der Waals surface area contributed by atoms with E-state index in [1.54, 1.807) is 0 Å². The fourth-order valence-electron chi connectivity index (χ4n) is 7.62. The molecule has 0 spiro atoms. The molecule has 12 atom stereocenters. The van der Waals surface area contributed by atoms with Gasteiger partial charge in [0.2, 0.25) is 65.0 Å². The van der Waals surface area contributed by atoms with Gasteiger partial charge in [0, 0.05) is 12.8 Å². The van der Waals surface area contributed by atoms with E-state index in [-0.39, 0.29) is 77.4 Å². The average Bonchev–Trinajstić information content (AvgIpc) is 3.40. The first kappa shape index (κ1) is 74.3. The van der Waals surface area contributed by atoms with Crippen molar-refractivity contribution in [2.75, 3.05) is 39.4 Å². The third-order valence-corrected chi connectivity index (χ3v) is 12.4. The number of aliphatic carboxylic acids is 1. The molecule has 0 aromatic heterocycles. The number of primary amides is 2. The molecule has 33 nitrogen and oxygen atoms in total. The molecule has 0 saturated carbocycles. The number of carbonyl (C=O) groups is 12. The topological polar surface area (TPSA) is 596 Å². The molecule has 0 aromatic rings. The van der Waals surface area contributed by atoms with Crippen molar-refractivity contribution in [3.63, 3.8) is 0 Å². The quantitative estimate of drug-likeness (QED) is 0.0252. The Balaban J connectivity index is 6.69. The predicted octanol–water partition coefficient (Wildman–Crippen LogP) is -9.45. The minimum atomic E-state index is -1.88. The van der Waals surface area contributed by atoms with Crippen molar-refractivity contribution in [3.05, 3.63) is 0 Å². The van der Waals surface area contributed by atoms with Gasteiger partial charge in [-0.2, -0.15) is 0 Å². The summed E-state index contributed by atoms with van der Waals surface area (Å²) in [6.07, 6.45) is -2.40. The van der Waals surface area contributed by atoms with Crippen LogP contribution in [0.15, 0.2) is 0 Å². The smallest absolute Gasteiger partial charge is 0.328 e. The minimum Gasteiger partial charge on any atom is -0.480 e. The zero-order valence-electron chi connectivity index (χ0n) is 46.2. The number of hydrogen-bond donors (Lipinski definition) is 21. The van der Waals surface area contributed by atoms with Crippen LogP contribution < -0.4 is 88.0 Å². The number of hydrogen-bond acceptors (Lipinski definition) is 21. The molecule has 28 N–H and O–H groups in total. The van der Waals surface area contributed by atoms with Crippen LogP contribution in [0.5, 0.6) is 0 Å². The van der Waals surface area contributed by atoms with Crippen LogP contribution in [-0.4, -0.2) is 209 Å². The van der Waals surface area contributed by atoms with Gasteiger partial charge in [-0.1, -0.05) is 6.42 Å². The molecule has 33 heteroatoms. The maximum absolute atomic E-state index is 14.0. The molecule has 0 unspecified atom stereocenters. The zero-order chi connectivity index (χ0) is 61.8. The first-order chi connectivity index (χ1) is 38.2. The second-order valence-electron chi connectivity index (χ2n) is 19.3. The van der Waals surface area contributed by atoms with E-state index in [1.807, 2.05) is 5.32 Å². The summed E-state index contributed by atoms with van der Waals surface area (Å²) in [4.78, 5) is 158. The Hall–Kier alpha value is -6.72. The molecular formula is C48H90N16O17. The summed E-state index contributed by atoms with van der Waals surface area (Å²) in [7, 11) is 0. The Kier molecular flexibility index (Phi) is 37.9. The molecule has 0 fully saturated rings. The van der Waals surface area contributed by atoms with E-state index in [0.717, 1.165) is 13.8 Å². The van der Waals surface area contributed by atoms with Gasteiger partial charge in [-0.25, -0.2) is 4.79 Å². The maximum Gasteiger partial charge on any atom is 0.328 e. The summed E-state index contributed by atoms with van der Waals surface area (Å²) in [6.45, 7) is 0.877. The molecule has 0 bridgehead atoms. The lowest BCUT2D eigenvalue weighted by Gasteiger charge is -2.28. The van der Waals surface area contributed by atoms with E-state index in [2.05, 4.69) is 42.5 Å². The van der Waals surface area contributed by atoms with Crippen LogP contribution in [0, 0.1) is 0 Å². The highest BCUT2D eigenvalue weighted by Gasteiger charge is 2.37. The summed E-state index contributed by atoms with van der Waals surface area (Å²) in [5.41, 5.74) is 39.2. The Bertz CT molecular complexity index is 2040. The van der Waals surface area contributed by atoms with Gasteiger partial charge in [-0.15, -0.1) is 0 Å². The Morgan fingerprint density at radius 1 is 0.358 bits per heavy atom. The number of nitrogens with two attached hydrogens (primary N) is 7. The van der Waals surface area contributed by atoms with Crippen molar-refractivity contribution in [2.45, 2.75) is 189 Å². The Labute approximate surface area is 469 Å². The van der Waals surface area contributed by atoms with Gasteiger partial charge in [0.25, 0.3) is 0 Å². The second-order valence-corrected chi connectivity index (χ2v) is 19.3. The number of rotatable bonds is 45. The largest absolute Gasteiger partial charge is 0.480 e. The van der Waals surface area contributed by atoms with Gasteiger partial charge in [-0.05, 0) is 123 Å². The molecule has 0 aliphatic carbocycles. The van der Waals surface area contributed by atoms with Gasteiger partial charge in [0.1, 0.15) is 54.4 Å². The van der Waals surface area contributed by atoms with Crippen LogP contribution in [0.25, 0.3) is 0 Å². The molecular weight excluding hydrogens is 1070 g/mol. The molecule has 0 aliphatic heterocycles. The first-order valence-electron chi connectivity index (χ1n) is 26.9. The van der Waals surface area contributed by atoms with E-state index in [4.69, 9.17) is 40.1 Å².